The summed E-state index contributed by atoms with van der Waals surface area (Å²) in [5.74, 6) is 0.448. The molecule has 2 heterocycles. The monoisotopic (exact) mass is 258 g/mol. The number of halogens is 1. The second kappa shape index (κ2) is 5.36. The zero-order valence-electron chi connectivity index (χ0n) is 10.5. The van der Waals surface area contributed by atoms with Gasteiger partial charge in [0.2, 0.25) is 5.88 Å². The van der Waals surface area contributed by atoms with Gasteiger partial charge in [-0.25, -0.2) is 9.37 Å². The Morgan fingerprint density at radius 1 is 1.16 bits per heavy atom. The summed E-state index contributed by atoms with van der Waals surface area (Å²) in [5.41, 5.74) is 3.05. The Hall–Kier alpha value is -1.94. The highest BCUT2D eigenvalue weighted by molar-refractivity contribution is 5.68. The molecule has 1 aromatic carbocycles. The molecular formula is C15H15FN2O. The van der Waals surface area contributed by atoms with E-state index >= 15 is 0 Å². The Bertz CT molecular complexity index is 569. The van der Waals surface area contributed by atoms with Crippen LogP contribution in [0.5, 0.6) is 5.88 Å². The zero-order valence-corrected chi connectivity index (χ0v) is 10.5. The fourth-order valence-electron chi connectivity index (χ4n) is 2.25. The second-order valence-electron chi connectivity index (χ2n) is 4.53. The van der Waals surface area contributed by atoms with Crippen LogP contribution >= 0.6 is 0 Å². The number of aromatic nitrogens is 1. The van der Waals surface area contributed by atoms with Crippen molar-refractivity contribution < 1.29 is 9.13 Å². The number of rotatable bonds is 1. The Morgan fingerprint density at radius 2 is 2.00 bits per heavy atom. The molecule has 19 heavy (non-hydrogen) atoms. The van der Waals surface area contributed by atoms with E-state index in [9.17, 15) is 4.39 Å². The van der Waals surface area contributed by atoms with Crippen molar-refractivity contribution in [3.8, 4) is 17.0 Å². The molecule has 0 aliphatic carbocycles. The summed E-state index contributed by atoms with van der Waals surface area (Å²) in [6.07, 6.45) is 2.71. The average Bonchev–Trinajstić information content (AvgIpc) is 2.40. The topological polar surface area (TPSA) is 34.2 Å². The van der Waals surface area contributed by atoms with Crippen molar-refractivity contribution in [3.05, 3.63) is 47.9 Å². The Labute approximate surface area is 111 Å². The maximum atomic E-state index is 13.0. The van der Waals surface area contributed by atoms with Gasteiger partial charge in [-0.15, -0.1) is 0 Å². The molecule has 3 nitrogen and oxygen atoms in total. The van der Waals surface area contributed by atoms with Gasteiger partial charge in [0, 0.05) is 18.3 Å². The summed E-state index contributed by atoms with van der Waals surface area (Å²) in [5, 5.41) is 3.37. The van der Waals surface area contributed by atoms with Crippen LogP contribution in [0.15, 0.2) is 36.5 Å². The number of benzene rings is 1. The van der Waals surface area contributed by atoms with Gasteiger partial charge in [-0.05, 0) is 42.3 Å². The molecule has 0 saturated carbocycles. The van der Waals surface area contributed by atoms with Crippen LogP contribution in [0, 0.1) is 5.82 Å². The minimum atomic E-state index is -0.227. The standard InChI is InChI=1S/C15H15FN2O/c16-12-4-2-11(3-5-12)13-6-8-18-15-14(13)10-17-7-1-9-19-15/h2-6,8,17H,1,7,9-10H2. The van der Waals surface area contributed by atoms with Crippen LogP contribution in [0.1, 0.15) is 12.0 Å². The number of hydrogen-bond donors (Lipinski definition) is 1. The Balaban J connectivity index is 2.05. The highest BCUT2D eigenvalue weighted by Crippen LogP contribution is 2.29. The molecule has 0 spiro atoms. The Kier molecular flexibility index (Phi) is 3.42. The molecule has 0 bridgehead atoms. The van der Waals surface area contributed by atoms with Crippen molar-refractivity contribution in [2.45, 2.75) is 13.0 Å². The van der Waals surface area contributed by atoms with Crippen LogP contribution in [-0.2, 0) is 6.54 Å². The van der Waals surface area contributed by atoms with Gasteiger partial charge in [-0.1, -0.05) is 12.1 Å². The maximum absolute atomic E-state index is 13.0. The van der Waals surface area contributed by atoms with Crippen LogP contribution in [-0.4, -0.2) is 18.1 Å². The van der Waals surface area contributed by atoms with Crippen LogP contribution in [0.3, 0.4) is 0 Å². The van der Waals surface area contributed by atoms with E-state index in [0.717, 1.165) is 36.2 Å². The lowest BCUT2D eigenvalue weighted by atomic mass is 10.0. The quantitative estimate of drug-likeness (QED) is 0.854. The third-order valence-corrected chi connectivity index (χ3v) is 3.21. The van der Waals surface area contributed by atoms with Gasteiger partial charge in [0.15, 0.2) is 0 Å². The summed E-state index contributed by atoms with van der Waals surface area (Å²) in [7, 11) is 0. The molecular weight excluding hydrogens is 243 g/mol. The van der Waals surface area contributed by atoms with E-state index in [-0.39, 0.29) is 5.82 Å². The van der Waals surface area contributed by atoms with Gasteiger partial charge in [-0.3, -0.25) is 0 Å². The predicted molar refractivity (Wildman–Crippen MR) is 71.4 cm³/mol. The molecule has 4 heteroatoms. The first-order valence-electron chi connectivity index (χ1n) is 6.42. The number of nitrogens with one attached hydrogen (secondary N) is 1. The first-order valence-corrected chi connectivity index (χ1v) is 6.42. The molecule has 1 aliphatic rings. The Morgan fingerprint density at radius 3 is 2.84 bits per heavy atom. The lowest BCUT2D eigenvalue weighted by Gasteiger charge is -2.18. The predicted octanol–water partition coefficient (Wildman–Crippen LogP) is 2.76. The van der Waals surface area contributed by atoms with Gasteiger partial charge < -0.3 is 10.1 Å². The summed E-state index contributed by atoms with van der Waals surface area (Å²) in [4.78, 5) is 4.29. The number of ether oxygens (including phenoxy) is 1. The van der Waals surface area contributed by atoms with E-state index in [4.69, 9.17) is 4.74 Å². The molecule has 0 unspecified atom stereocenters. The molecule has 0 radical (unpaired) electrons. The van der Waals surface area contributed by atoms with Crippen LogP contribution in [0.2, 0.25) is 0 Å². The summed E-state index contributed by atoms with van der Waals surface area (Å²) in [6, 6.07) is 8.45. The smallest absolute Gasteiger partial charge is 0.218 e. The number of hydrogen-bond acceptors (Lipinski definition) is 3. The van der Waals surface area contributed by atoms with Gasteiger partial charge in [0.1, 0.15) is 5.82 Å². The lowest BCUT2D eigenvalue weighted by Crippen LogP contribution is -2.21. The molecule has 3 rings (SSSR count). The summed E-state index contributed by atoms with van der Waals surface area (Å²) in [6.45, 7) is 2.31. The number of fused-ring (bicyclic) bond motifs is 1. The molecule has 2 aromatic rings. The minimum Gasteiger partial charge on any atom is -0.477 e. The van der Waals surface area contributed by atoms with E-state index in [1.165, 1.54) is 12.1 Å². The highest BCUT2D eigenvalue weighted by Gasteiger charge is 2.14. The van der Waals surface area contributed by atoms with Crippen LogP contribution in [0.4, 0.5) is 4.39 Å². The van der Waals surface area contributed by atoms with Crippen molar-refractivity contribution in [2.75, 3.05) is 13.2 Å². The SMILES string of the molecule is Fc1ccc(-c2ccnc3c2CNCCCO3)cc1. The molecule has 0 saturated heterocycles. The molecule has 1 aromatic heterocycles. The first kappa shape index (κ1) is 12.1. The molecule has 0 atom stereocenters. The van der Waals surface area contributed by atoms with E-state index < -0.39 is 0 Å². The van der Waals surface area contributed by atoms with E-state index in [0.29, 0.717) is 12.5 Å². The fourth-order valence-corrected chi connectivity index (χ4v) is 2.25. The molecule has 1 N–H and O–H groups in total. The molecule has 0 amide bonds. The van der Waals surface area contributed by atoms with Crippen molar-refractivity contribution in [2.24, 2.45) is 0 Å². The third-order valence-electron chi connectivity index (χ3n) is 3.21. The lowest BCUT2D eigenvalue weighted by molar-refractivity contribution is 0.284. The van der Waals surface area contributed by atoms with Crippen molar-refractivity contribution in [1.29, 1.82) is 0 Å². The van der Waals surface area contributed by atoms with Gasteiger partial charge in [-0.2, -0.15) is 0 Å². The fraction of sp³-hybridized carbons (Fsp3) is 0.267. The number of pyridine rings is 1. The zero-order chi connectivity index (χ0) is 13.1. The summed E-state index contributed by atoms with van der Waals surface area (Å²) < 4.78 is 18.7. The number of nitrogens with zero attached hydrogens (tertiary/aromatic N) is 1. The molecule has 1 aliphatic heterocycles. The first-order chi connectivity index (χ1) is 9.34. The van der Waals surface area contributed by atoms with Crippen LogP contribution < -0.4 is 10.1 Å². The summed E-state index contributed by atoms with van der Waals surface area (Å²) >= 11 is 0. The van der Waals surface area contributed by atoms with E-state index in [1.807, 2.05) is 6.07 Å². The second-order valence-corrected chi connectivity index (χ2v) is 4.53. The molecule has 0 fully saturated rings. The maximum Gasteiger partial charge on any atom is 0.218 e. The average molecular weight is 258 g/mol. The van der Waals surface area contributed by atoms with Crippen LogP contribution in [0.25, 0.3) is 11.1 Å². The van der Waals surface area contributed by atoms with Gasteiger partial charge in [0.25, 0.3) is 0 Å². The van der Waals surface area contributed by atoms with Gasteiger partial charge in [0.05, 0.1) is 6.61 Å². The normalized spacial score (nSPS) is 15.0. The van der Waals surface area contributed by atoms with Crippen molar-refractivity contribution >= 4 is 0 Å². The van der Waals surface area contributed by atoms with E-state index in [1.54, 1.807) is 18.3 Å². The highest BCUT2D eigenvalue weighted by atomic mass is 19.1. The van der Waals surface area contributed by atoms with Gasteiger partial charge >= 0.3 is 0 Å². The molecule has 98 valence electrons. The van der Waals surface area contributed by atoms with E-state index in [2.05, 4.69) is 10.3 Å². The third kappa shape index (κ3) is 2.58. The van der Waals surface area contributed by atoms with Crippen molar-refractivity contribution in [1.82, 2.24) is 10.3 Å². The largest absolute Gasteiger partial charge is 0.477 e. The van der Waals surface area contributed by atoms with Crippen molar-refractivity contribution in [3.63, 3.8) is 0 Å². The minimum absolute atomic E-state index is 0.227.